The Kier molecular flexibility index (Phi) is 8.28. The van der Waals surface area contributed by atoms with E-state index in [4.69, 9.17) is 14.2 Å². The van der Waals surface area contributed by atoms with Crippen molar-refractivity contribution in [1.29, 1.82) is 0 Å². The zero-order valence-electron chi connectivity index (χ0n) is 22.9. The summed E-state index contributed by atoms with van der Waals surface area (Å²) >= 11 is 0. The average Bonchev–Trinajstić information content (AvgIpc) is 2.87. The highest BCUT2D eigenvalue weighted by Crippen LogP contribution is 2.38. The van der Waals surface area contributed by atoms with Crippen LogP contribution >= 0.6 is 0 Å². The lowest BCUT2D eigenvalue weighted by Crippen LogP contribution is -2.48. The number of carbonyl (C=O) groups is 2. The van der Waals surface area contributed by atoms with E-state index in [0.717, 1.165) is 29.7 Å². The fraction of sp³-hybridized carbons (Fsp3) is 0.367. The molecular weight excluding hydrogens is 498 g/mol. The van der Waals surface area contributed by atoms with Crippen LogP contribution in [0.5, 0.6) is 23.1 Å². The maximum absolute atomic E-state index is 12.8. The Bertz CT molecular complexity index is 1320. The highest BCUT2D eigenvalue weighted by molar-refractivity contribution is 5.96. The van der Waals surface area contributed by atoms with E-state index in [1.807, 2.05) is 44.2 Å². The molecule has 4 rings (SSSR count). The Morgan fingerprint density at radius 1 is 1.10 bits per heavy atom. The van der Waals surface area contributed by atoms with Crippen molar-refractivity contribution in [3.8, 4) is 23.1 Å². The quantitative estimate of drug-likeness (QED) is 0.334. The predicted octanol–water partition coefficient (Wildman–Crippen LogP) is 6.13. The number of rotatable bonds is 7. The van der Waals surface area contributed by atoms with Crippen molar-refractivity contribution < 1.29 is 28.9 Å². The van der Waals surface area contributed by atoms with Gasteiger partial charge in [-0.05, 0) is 87.1 Å². The summed E-state index contributed by atoms with van der Waals surface area (Å²) in [6.07, 6.45) is 2.32. The Morgan fingerprint density at radius 3 is 2.56 bits per heavy atom. The number of phenols is 1. The zero-order valence-corrected chi connectivity index (χ0v) is 22.9. The molecule has 2 atom stereocenters. The first kappa shape index (κ1) is 27.8. The number of carbonyl (C=O) groups excluding carboxylic acids is 2. The summed E-state index contributed by atoms with van der Waals surface area (Å²) in [7, 11) is 0. The number of ether oxygens (including phenoxy) is 3. The third kappa shape index (κ3) is 7.63. The number of aromatic hydroxyl groups is 1. The van der Waals surface area contributed by atoms with Gasteiger partial charge in [0.25, 0.3) is 0 Å². The minimum absolute atomic E-state index is 0.115. The second-order valence-electron chi connectivity index (χ2n) is 10.9. The van der Waals surface area contributed by atoms with Gasteiger partial charge < -0.3 is 30.0 Å². The molecule has 2 heterocycles. The van der Waals surface area contributed by atoms with Crippen LogP contribution in [0.15, 0.2) is 60.8 Å². The van der Waals surface area contributed by atoms with Gasteiger partial charge in [0.15, 0.2) is 0 Å². The second kappa shape index (κ2) is 11.6. The molecule has 0 saturated heterocycles. The van der Waals surface area contributed by atoms with Crippen molar-refractivity contribution in [3.63, 3.8) is 0 Å². The van der Waals surface area contributed by atoms with Gasteiger partial charge >= 0.3 is 6.09 Å². The molecule has 0 bridgehead atoms. The highest BCUT2D eigenvalue weighted by Gasteiger charge is 2.27. The van der Waals surface area contributed by atoms with E-state index >= 15 is 0 Å². The molecule has 2 amide bonds. The van der Waals surface area contributed by atoms with Crippen LogP contribution < -0.4 is 20.1 Å². The van der Waals surface area contributed by atoms with Crippen LogP contribution in [-0.4, -0.2) is 33.7 Å². The summed E-state index contributed by atoms with van der Waals surface area (Å²) in [5, 5.41) is 15.2. The number of nitrogens with one attached hydrogen (secondary N) is 2. The van der Waals surface area contributed by atoms with Crippen LogP contribution in [-0.2, 0) is 16.0 Å². The van der Waals surface area contributed by atoms with Crippen molar-refractivity contribution >= 4 is 17.7 Å². The number of pyridine rings is 1. The molecule has 1 aromatic heterocycles. The molecular formula is C30H35N3O6. The van der Waals surface area contributed by atoms with Gasteiger partial charge in [0.05, 0.1) is 11.9 Å². The number of aryl methyl sites for hydroxylation is 1. The standard InChI is InChI=1S/C30H35N3O6/c1-18(2)27(33-29(36)39-30(3,4)5)28(35)32-21-10-14-26(31-17-21)37-23-11-13-25-20(16-23)9-12-24(38-25)19-7-6-8-22(34)15-19/h6-8,10-11,13-18,24,27,34H,9,12H2,1-5H3,(H,32,35)(H,33,36)/t24-,27?/m0/s1. The first-order valence-electron chi connectivity index (χ1n) is 13.0. The maximum atomic E-state index is 12.8. The third-order valence-corrected chi connectivity index (χ3v) is 6.07. The Balaban J connectivity index is 1.35. The fourth-order valence-electron chi connectivity index (χ4n) is 4.21. The van der Waals surface area contributed by atoms with E-state index in [1.54, 1.807) is 45.0 Å². The number of phenolic OH excluding ortho intramolecular Hbond substituents is 1. The molecule has 1 aliphatic heterocycles. The molecule has 9 heteroatoms. The lowest BCUT2D eigenvalue weighted by atomic mass is 9.97. The predicted molar refractivity (Wildman–Crippen MR) is 147 cm³/mol. The lowest BCUT2D eigenvalue weighted by molar-refractivity contribution is -0.119. The SMILES string of the molecule is CC(C)C(NC(=O)OC(C)(C)C)C(=O)Nc1ccc(Oc2ccc3c(c2)CC[C@@H](c2cccc(O)c2)O3)nc1. The number of aromatic nitrogens is 1. The first-order valence-corrected chi connectivity index (χ1v) is 13.0. The first-order chi connectivity index (χ1) is 18.5. The van der Waals surface area contributed by atoms with E-state index in [2.05, 4.69) is 15.6 Å². The summed E-state index contributed by atoms with van der Waals surface area (Å²) in [5.41, 5.74) is 1.78. The molecule has 39 heavy (non-hydrogen) atoms. The number of hydrogen-bond acceptors (Lipinski definition) is 7. The monoisotopic (exact) mass is 533 g/mol. The van der Waals surface area contributed by atoms with Gasteiger partial charge in [0.1, 0.15) is 35.0 Å². The van der Waals surface area contributed by atoms with Crippen molar-refractivity contribution in [2.24, 2.45) is 5.92 Å². The van der Waals surface area contributed by atoms with Crippen molar-refractivity contribution in [2.75, 3.05) is 5.32 Å². The van der Waals surface area contributed by atoms with Crippen LogP contribution in [0.2, 0.25) is 0 Å². The molecule has 1 unspecified atom stereocenters. The van der Waals surface area contributed by atoms with Crippen LogP contribution in [0.4, 0.5) is 10.5 Å². The minimum atomic E-state index is -0.777. The van der Waals surface area contributed by atoms with Gasteiger partial charge in [0.2, 0.25) is 11.8 Å². The number of nitrogens with zero attached hydrogens (tertiary/aromatic N) is 1. The molecule has 9 nitrogen and oxygen atoms in total. The highest BCUT2D eigenvalue weighted by atomic mass is 16.6. The van der Waals surface area contributed by atoms with Crippen molar-refractivity contribution in [3.05, 3.63) is 71.9 Å². The largest absolute Gasteiger partial charge is 0.508 e. The Labute approximate surface area is 228 Å². The van der Waals surface area contributed by atoms with Gasteiger partial charge in [-0.1, -0.05) is 26.0 Å². The van der Waals surface area contributed by atoms with E-state index in [1.165, 1.54) is 6.20 Å². The molecule has 0 aliphatic carbocycles. The summed E-state index contributed by atoms with van der Waals surface area (Å²) in [6, 6.07) is 15.3. The smallest absolute Gasteiger partial charge is 0.408 e. The van der Waals surface area contributed by atoms with Crippen LogP contribution in [0.3, 0.4) is 0 Å². The fourth-order valence-corrected chi connectivity index (χ4v) is 4.21. The summed E-state index contributed by atoms with van der Waals surface area (Å²) < 4.78 is 17.4. The second-order valence-corrected chi connectivity index (χ2v) is 10.9. The average molecular weight is 534 g/mol. The van der Waals surface area contributed by atoms with E-state index in [0.29, 0.717) is 17.3 Å². The number of benzene rings is 2. The van der Waals surface area contributed by atoms with E-state index < -0.39 is 17.7 Å². The lowest BCUT2D eigenvalue weighted by Gasteiger charge is -2.26. The molecule has 2 aromatic carbocycles. The zero-order chi connectivity index (χ0) is 28.2. The van der Waals surface area contributed by atoms with E-state index in [-0.39, 0.29) is 23.7 Å². The van der Waals surface area contributed by atoms with E-state index in [9.17, 15) is 14.7 Å². The third-order valence-electron chi connectivity index (χ3n) is 6.07. The molecule has 0 fully saturated rings. The molecule has 3 N–H and O–H groups in total. The number of fused-ring (bicyclic) bond motifs is 1. The summed E-state index contributed by atoms with van der Waals surface area (Å²) in [6.45, 7) is 8.97. The maximum Gasteiger partial charge on any atom is 0.408 e. The molecule has 0 spiro atoms. The Morgan fingerprint density at radius 2 is 1.90 bits per heavy atom. The Hall–Kier alpha value is -4.27. The van der Waals surface area contributed by atoms with Crippen molar-refractivity contribution in [1.82, 2.24) is 10.3 Å². The van der Waals surface area contributed by atoms with Crippen LogP contribution in [0.1, 0.15) is 58.3 Å². The number of alkyl carbamates (subject to hydrolysis) is 1. The van der Waals surface area contributed by atoms with Gasteiger partial charge in [-0.25, -0.2) is 9.78 Å². The van der Waals surface area contributed by atoms with Gasteiger partial charge in [0, 0.05) is 6.07 Å². The van der Waals surface area contributed by atoms with Crippen LogP contribution in [0, 0.1) is 5.92 Å². The van der Waals surface area contributed by atoms with Gasteiger partial charge in [-0.3, -0.25) is 4.79 Å². The van der Waals surface area contributed by atoms with Crippen LogP contribution in [0.25, 0.3) is 0 Å². The molecule has 1 aliphatic rings. The number of anilines is 1. The summed E-state index contributed by atoms with van der Waals surface area (Å²) in [5.74, 6) is 1.48. The molecule has 206 valence electrons. The normalized spacial score (nSPS) is 15.5. The minimum Gasteiger partial charge on any atom is -0.508 e. The van der Waals surface area contributed by atoms with Gasteiger partial charge in [-0.15, -0.1) is 0 Å². The topological polar surface area (TPSA) is 119 Å². The number of hydrogen-bond donors (Lipinski definition) is 3. The molecule has 0 saturated carbocycles. The molecule has 3 aromatic rings. The number of amides is 2. The summed E-state index contributed by atoms with van der Waals surface area (Å²) in [4.78, 5) is 29.3. The van der Waals surface area contributed by atoms with Crippen molar-refractivity contribution in [2.45, 2.75) is 65.2 Å². The molecule has 0 radical (unpaired) electrons. The van der Waals surface area contributed by atoms with Gasteiger partial charge in [-0.2, -0.15) is 0 Å².